The number of benzene rings is 1. The highest BCUT2D eigenvalue weighted by Gasteiger charge is 2.60. The van der Waals surface area contributed by atoms with Crippen LogP contribution >= 0.6 is 0 Å². The van der Waals surface area contributed by atoms with Crippen molar-refractivity contribution in [1.82, 2.24) is 0 Å². The van der Waals surface area contributed by atoms with Crippen LogP contribution in [0.2, 0.25) is 0 Å². The molecular formula is C34H48INO5. The molecule has 3 fully saturated rings. The van der Waals surface area contributed by atoms with E-state index in [0.717, 1.165) is 73.0 Å². The number of hydrogen-bond acceptors (Lipinski definition) is 5. The average Bonchev–Trinajstić information content (AvgIpc) is 3.53. The normalized spacial score (nSPS) is 39.8. The topological polar surface area (TPSA) is 65.0 Å². The summed E-state index contributed by atoms with van der Waals surface area (Å²) in [6.07, 6.45) is 12.5. The summed E-state index contributed by atoms with van der Waals surface area (Å²) in [5, 5.41) is 10.4. The Morgan fingerprint density at radius 1 is 1.12 bits per heavy atom. The van der Waals surface area contributed by atoms with Crippen molar-refractivity contribution < 1.29 is 52.6 Å². The summed E-state index contributed by atoms with van der Waals surface area (Å²) in [5.41, 5.74) is 4.23. The van der Waals surface area contributed by atoms with Gasteiger partial charge < -0.3 is 47.8 Å². The fourth-order valence-electron chi connectivity index (χ4n) is 10.6. The third-order valence-corrected chi connectivity index (χ3v) is 12.9. The second-order valence-corrected chi connectivity index (χ2v) is 15.0. The second-order valence-electron chi connectivity index (χ2n) is 15.0. The van der Waals surface area contributed by atoms with Gasteiger partial charge in [-0.2, -0.15) is 0 Å². The molecular weight excluding hydrogens is 629 g/mol. The van der Waals surface area contributed by atoms with E-state index in [-0.39, 0.29) is 59.7 Å². The molecule has 0 aromatic heterocycles. The van der Waals surface area contributed by atoms with Gasteiger partial charge in [0.2, 0.25) is 12.5 Å². The molecule has 3 saturated carbocycles. The first-order valence-electron chi connectivity index (χ1n) is 15.8. The highest BCUT2D eigenvalue weighted by Crippen LogP contribution is 2.66. The Morgan fingerprint density at radius 2 is 1.93 bits per heavy atom. The van der Waals surface area contributed by atoms with Gasteiger partial charge in [-0.15, -0.1) is 0 Å². The lowest BCUT2D eigenvalue weighted by molar-refractivity contribution is -0.922. The van der Waals surface area contributed by atoms with Crippen LogP contribution in [0, 0.1) is 34.5 Å². The van der Waals surface area contributed by atoms with Gasteiger partial charge in [-0.3, -0.25) is 4.79 Å². The van der Waals surface area contributed by atoms with Crippen molar-refractivity contribution in [3.05, 3.63) is 28.8 Å². The molecule has 226 valence electrons. The standard InChI is InChI=1S/C34H48NO5.HI/c1-33-13-10-22(36)17-21(33)6-7-23-24-8-9-26(34(24,2)14-11-25(23)33)28(37)18-27-30-20(12-15-35(27,3)4)16-29-31(32(30)38-5)40-19-39-29;/h6,16,22-27,36H,7-15,17-19H2,1-5H3;1H/q+1;/p-1/t22-,23+,24+,25+,26?,27?,33+,34+;/m1./s1. The first-order chi connectivity index (χ1) is 19.1. The number of ether oxygens (including phenoxy) is 3. The molecule has 0 amide bonds. The molecule has 8 atom stereocenters. The zero-order valence-corrected chi connectivity index (χ0v) is 27.7. The van der Waals surface area contributed by atoms with E-state index in [4.69, 9.17) is 14.2 Å². The Hall–Kier alpha value is -1.32. The van der Waals surface area contributed by atoms with Gasteiger partial charge >= 0.3 is 0 Å². The number of carbonyl (C=O) groups is 1. The summed E-state index contributed by atoms with van der Waals surface area (Å²) < 4.78 is 18.3. The van der Waals surface area contributed by atoms with E-state index >= 15 is 0 Å². The van der Waals surface area contributed by atoms with Crippen LogP contribution in [0.15, 0.2) is 17.7 Å². The Labute approximate surface area is 262 Å². The third kappa shape index (κ3) is 4.41. The van der Waals surface area contributed by atoms with Crippen molar-refractivity contribution >= 4 is 5.78 Å². The van der Waals surface area contributed by atoms with E-state index in [9.17, 15) is 9.90 Å². The Kier molecular flexibility index (Phi) is 7.54. The maximum atomic E-state index is 14.4. The van der Waals surface area contributed by atoms with Crippen LogP contribution in [-0.2, 0) is 11.2 Å². The summed E-state index contributed by atoms with van der Waals surface area (Å²) in [6, 6.07) is 2.17. The Morgan fingerprint density at radius 3 is 2.71 bits per heavy atom. The number of hydrogen-bond donors (Lipinski definition) is 1. The van der Waals surface area contributed by atoms with Crippen LogP contribution < -0.4 is 38.2 Å². The maximum Gasteiger partial charge on any atom is 0.231 e. The van der Waals surface area contributed by atoms with E-state index < -0.39 is 0 Å². The first kappa shape index (κ1) is 29.7. The average molecular weight is 678 g/mol. The van der Waals surface area contributed by atoms with E-state index in [1.165, 1.54) is 24.0 Å². The lowest BCUT2D eigenvalue weighted by Gasteiger charge is -2.58. The van der Waals surface area contributed by atoms with Gasteiger partial charge in [0.25, 0.3) is 0 Å². The molecule has 4 aliphatic carbocycles. The van der Waals surface area contributed by atoms with E-state index in [2.05, 4.69) is 40.1 Å². The van der Waals surface area contributed by atoms with Gasteiger partial charge in [0, 0.05) is 12.3 Å². The largest absolute Gasteiger partial charge is 1.00 e. The summed E-state index contributed by atoms with van der Waals surface area (Å²) in [4.78, 5) is 14.4. The second kappa shape index (κ2) is 10.4. The lowest BCUT2D eigenvalue weighted by atomic mass is 9.47. The predicted octanol–water partition coefficient (Wildman–Crippen LogP) is 3.00. The van der Waals surface area contributed by atoms with Crippen LogP contribution in [0.5, 0.6) is 17.2 Å². The highest BCUT2D eigenvalue weighted by molar-refractivity contribution is 5.83. The number of rotatable bonds is 4. The molecule has 0 saturated heterocycles. The number of Topliss-reactive ketones (excluding diaryl/α,β-unsaturated/α-hetero) is 1. The number of allylic oxidation sites excluding steroid dienone is 1. The predicted molar refractivity (Wildman–Crippen MR) is 153 cm³/mol. The number of nitrogens with zero attached hydrogens (tertiary/aromatic N) is 1. The first-order valence-corrected chi connectivity index (χ1v) is 15.8. The van der Waals surface area contributed by atoms with Gasteiger partial charge in [0.05, 0.1) is 45.8 Å². The molecule has 1 N–H and O–H groups in total. The van der Waals surface area contributed by atoms with Gasteiger partial charge in [-0.1, -0.05) is 25.5 Å². The molecule has 1 aromatic carbocycles. The molecule has 0 bridgehead atoms. The monoisotopic (exact) mass is 677 g/mol. The smallest absolute Gasteiger partial charge is 0.231 e. The number of aliphatic hydroxyl groups is 1. The lowest BCUT2D eigenvalue weighted by Crippen LogP contribution is -3.00. The molecule has 41 heavy (non-hydrogen) atoms. The summed E-state index contributed by atoms with van der Waals surface area (Å²) in [6.45, 7) is 6.16. The number of halogens is 1. The molecule has 7 rings (SSSR count). The van der Waals surface area contributed by atoms with Gasteiger partial charge in [0.1, 0.15) is 11.8 Å². The third-order valence-electron chi connectivity index (χ3n) is 12.9. The van der Waals surface area contributed by atoms with Crippen LogP contribution in [0.1, 0.15) is 88.8 Å². The Balaban J connectivity index is 0.00000302. The molecule has 0 spiro atoms. The number of aliphatic hydroxyl groups excluding tert-OH is 1. The molecule has 2 unspecified atom stereocenters. The van der Waals surface area contributed by atoms with E-state index in [1.807, 2.05) is 0 Å². The molecule has 2 aliphatic heterocycles. The number of carbonyl (C=O) groups excluding carboxylic acids is 1. The molecule has 2 heterocycles. The summed E-state index contributed by atoms with van der Waals surface area (Å²) in [5.74, 6) is 4.79. The Bertz CT molecular complexity index is 1260. The number of ketones is 1. The molecule has 1 aromatic rings. The molecule has 7 heteroatoms. The van der Waals surface area contributed by atoms with Crippen molar-refractivity contribution in [1.29, 1.82) is 0 Å². The number of methoxy groups -OCH3 is 1. The van der Waals surface area contributed by atoms with Crippen LogP contribution in [0.25, 0.3) is 0 Å². The number of quaternary nitrogens is 1. The quantitative estimate of drug-likeness (QED) is 0.302. The van der Waals surface area contributed by atoms with Crippen LogP contribution in [0.3, 0.4) is 0 Å². The van der Waals surface area contributed by atoms with Crippen LogP contribution in [0.4, 0.5) is 0 Å². The fraction of sp³-hybridized carbons (Fsp3) is 0.735. The van der Waals surface area contributed by atoms with Crippen molar-refractivity contribution in [3.63, 3.8) is 0 Å². The zero-order valence-electron chi connectivity index (χ0n) is 25.5. The van der Waals surface area contributed by atoms with Gasteiger partial charge in [-0.05, 0) is 91.6 Å². The fourth-order valence-corrected chi connectivity index (χ4v) is 10.6. The zero-order chi connectivity index (χ0) is 28.0. The summed E-state index contributed by atoms with van der Waals surface area (Å²) in [7, 11) is 6.25. The minimum atomic E-state index is -0.162. The molecule has 6 aliphatic rings. The minimum Gasteiger partial charge on any atom is -1.00 e. The van der Waals surface area contributed by atoms with Crippen molar-refractivity contribution in [3.8, 4) is 17.2 Å². The van der Waals surface area contributed by atoms with Crippen molar-refractivity contribution in [2.75, 3.05) is 34.5 Å². The maximum absolute atomic E-state index is 14.4. The summed E-state index contributed by atoms with van der Waals surface area (Å²) >= 11 is 0. The van der Waals surface area contributed by atoms with Gasteiger partial charge in [0.15, 0.2) is 11.5 Å². The molecule has 0 radical (unpaired) electrons. The van der Waals surface area contributed by atoms with Crippen LogP contribution in [-0.4, -0.2) is 56.0 Å². The number of likely N-dealkylation sites (N-methyl/N-ethyl adjacent to an activating group) is 1. The SMILES string of the molecule is COc1c2c(cc3c1C(CC(=O)C1CC[C@H]4[C@@H]5CC=C6C[C@H](O)CC[C@]6(C)[C@H]5CC[C@]14C)[N+](C)(C)CC3)OCO2.[I-]. The van der Waals surface area contributed by atoms with E-state index in [0.29, 0.717) is 35.7 Å². The van der Waals surface area contributed by atoms with Gasteiger partial charge in [-0.25, -0.2) is 0 Å². The highest BCUT2D eigenvalue weighted by atomic mass is 127. The molecule has 6 nitrogen and oxygen atoms in total. The number of fused-ring (bicyclic) bond motifs is 7. The van der Waals surface area contributed by atoms with E-state index in [1.54, 1.807) is 7.11 Å². The minimum absolute atomic E-state index is 0. The van der Waals surface area contributed by atoms with Crippen molar-refractivity contribution in [2.24, 2.45) is 34.5 Å². The van der Waals surface area contributed by atoms with Crippen molar-refractivity contribution in [2.45, 2.75) is 90.2 Å².